The molecule has 0 saturated carbocycles. The van der Waals surface area contributed by atoms with Gasteiger partial charge >= 0.3 is 12.1 Å². The summed E-state index contributed by atoms with van der Waals surface area (Å²) in [6.07, 6.45) is -3.50. The molecule has 1 aliphatic heterocycles. The summed E-state index contributed by atoms with van der Waals surface area (Å²) in [4.78, 5) is 12.6. The standard InChI is InChI=1S/C13H13F4NO2/c14-10-5-8(4-9(6-10)13(15,16)17)7-18-3-1-2-11(18)12(19)20/h4-6,11H,1-3,7H2,(H,19,20)/t11-/m0/s1. The summed E-state index contributed by atoms with van der Waals surface area (Å²) in [7, 11) is 0. The second-order valence-electron chi connectivity index (χ2n) is 4.81. The molecule has 0 bridgehead atoms. The maximum atomic E-state index is 13.3. The van der Waals surface area contributed by atoms with E-state index in [0.717, 1.165) is 12.1 Å². The summed E-state index contributed by atoms with van der Waals surface area (Å²) in [5, 5.41) is 9.00. The lowest BCUT2D eigenvalue weighted by atomic mass is 10.1. The van der Waals surface area contributed by atoms with Crippen molar-refractivity contribution in [2.24, 2.45) is 0 Å². The number of hydrogen-bond acceptors (Lipinski definition) is 2. The Kier molecular flexibility index (Phi) is 3.99. The topological polar surface area (TPSA) is 40.5 Å². The molecule has 110 valence electrons. The van der Waals surface area contributed by atoms with Crippen molar-refractivity contribution in [1.29, 1.82) is 0 Å². The lowest BCUT2D eigenvalue weighted by molar-refractivity contribution is -0.142. The Hall–Kier alpha value is -1.63. The van der Waals surface area contributed by atoms with Crippen LogP contribution in [0.2, 0.25) is 0 Å². The van der Waals surface area contributed by atoms with E-state index in [2.05, 4.69) is 0 Å². The van der Waals surface area contributed by atoms with Gasteiger partial charge in [-0.25, -0.2) is 4.39 Å². The van der Waals surface area contributed by atoms with Crippen LogP contribution in [-0.4, -0.2) is 28.6 Å². The van der Waals surface area contributed by atoms with E-state index in [9.17, 15) is 22.4 Å². The Balaban J connectivity index is 2.21. The Morgan fingerprint density at radius 1 is 1.35 bits per heavy atom. The van der Waals surface area contributed by atoms with Crippen LogP contribution in [0.3, 0.4) is 0 Å². The number of carbonyl (C=O) groups is 1. The van der Waals surface area contributed by atoms with E-state index in [4.69, 9.17) is 5.11 Å². The number of hydrogen-bond donors (Lipinski definition) is 1. The van der Waals surface area contributed by atoms with Crippen molar-refractivity contribution in [3.63, 3.8) is 0 Å². The first-order chi connectivity index (χ1) is 9.27. The molecule has 20 heavy (non-hydrogen) atoms. The zero-order chi connectivity index (χ0) is 14.9. The van der Waals surface area contributed by atoms with Gasteiger partial charge in [0.15, 0.2) is 0 Å². The second kappa shape index (κ2) is 5.40. The van der Waals surface area contributed by atoms with Crippen molar-refractivity contribution in [2.75, 3.05) is 6.54 Å². The lowest BCUT2D eigenvalue weighted by Gasteiger charge is -2.21. The number of nitrogens with zero attached hydrogens (tertiary/aromatic N) is 1. The van der Waals surface area contributed by atoms with Gasteiger partial charge in [0.2, 0.25) is 0 Å². The molecule has 0 radical (unpaired) electrons. The molecular weight excluding hydrogens is 278 g/mol. The quantitative estimate of drug-likeness (QED) is 0.871. The molecule has 3 nitrogen and oxygen atoms in total. The first-order valence-corrected chi connectivity index (χ1v) is 6.11. The molecule has 1 fully saturated rings. The van der Waals surface area contributed by atoms with Gasteiger partial charge < -0.3 is 5.11 Å². The van der Waals surface area contributed by atoms with E-state index < -0.39 is 29.6 Å². The Morgan fingerprint density at radius 3 is 2.65 bits per heavy atom. The maximum Gasteiger partial charge on any atom is 0.416 e. The Bertz CT molecular complexity index is 516. The molecule has 0 unspecified atom stereocenters. The highest BCUT2D eigenvalue weighted by Gasteiger charge is 2.33. The van der Waals surface area contributed by atoms with Crippen LogP contribution in [0.5, 0.6) is 0 Å². The van der Waals surface area contributed by atoms with Gasteiger partial charge in [-0.2, -0.15) is 13.2 Å². The molecule has 1 N–H and O–H groups in total. The van der Waals surface area contributed by atoms with Crippen LogP contribution in [0.25, 0.3) is 0 Å². The van der Waals surface area contributed by atoms with E-state index >= 15 is 0 Å². The van der Waals surface area contributed by atoms with Gasteiger partial charge in [0.25, 0.3) is 0 Å². The summed E-state index contributed by atoms with van der Waals surface area (Å²) in [6.45, 7) is 0.479. The highest BCUT2D eigenvalue weighted by atomic mass is 19.4. The number of rotatable bonds is 3. The van der Waals surface area contributed by atoms with Gasteiger partial charge in [-0.1, -0.05) is 0 Å². The number of benzene rings is 1. The van der Waals surface area contributed by atoms with Gasteiger partial charge in [0, 0.05) is 6.54 Å². The van der Waals surface area contributed by atoms with Gasteiger partial charge in [-0.15, -0.1) is 0 Å². The average Bonchev–Trinajstić information content (AvgIpc) is 2.75. The number of halogens is 4. The maximum absolute atomic E-state index is 13.3. The van der Waals surface area contributed by atoms with Crippen molar-refractivity contribution in [3.8, 4) is 0 Å². The van der Waals surface area contributed by atoms with Gasteiger partial charge in [-0.05, 0) is 43.1 Å². The molecule has 7 heteroatoms. The molecule has 1 atom stereocenters. The van der Waals surface area contributed by atoms with E-state index in [-0.39, 0.29) is 12.1 Å². The molecule has 0 spiro atoms. The third-order valence-electron chi connectivity index (χ3n) is 3.32. The Labute approximate surface area is 112 Å². The fourth-order valence-corrected chi connectivity index (χ4v) is 2.43. The highest BCUT2D eigenvalue weighted by Crippen LogP contribution is 2.31. The predicted molar refractivity (Wildman–Crippen MR) is 62.5 cm³/mol. The van der Waals surface area contributed by atoms with Crippen molar-refractivity contribution in [2.45, 2.75) is 31.6 Å². The van der Waals surface area contributed by atoms with Crippen molar-refractivity contribution in [3.05, 3.63) is 35.1 Å². The highest BCUT2D eigenvalue weighted by molar-refractivity contribution is 5.73. The first kappa shape index (κ1) is 14.8. The summed E-state index contributed by atoms with van der Waals surface area (Å²) < 4.78 is 51.0. The molecule has 1 aliphatic rings. The van der Waals surface area contributed by atoms with Gasteiger partial charge in [0.1, 0.15) is 11.9 Å². The minimum absolute atomic E-state index is 0.00218. The molecule has 0 aliphatic carbocycles. The van der Waals surface area contributed by atoms with Crippen LogP contribution >= 0.6 is 0 Å². The van der Waals surface area contributed by atoms with Crippen LogP contribution in [0.1, 0.15) is 24.0 Å². The summed E-state index contributed by atoms with van der Waals surface area (Å²) in [6, 6.07) is 1.59. The zero-order valence-corrected chi connectivity index (χ0v) is 10.5. The second-order valence-corrected chi connectivity index (χ2v) is 4.81. The predicted octanol–water partition coefficient (Wildman–Crippen LogP) is 2.89. The van der Waals surface area contributed by atoms with Gasteiger partial charge in [-0.3, -0.25) is 9.69 Å². The van der Waals surface area contributed by atoms with Crippen LogP contribution in [-0.2, 0) is 17.5 Å². The van der Waals surface area contributed by atoms with Crippen LogP contribution < -0.4 is 0 Å². The van der Waals surface area contributed by atoms with Gasteiger partial charge in [0.05, 0.1) is 5.56 Å². The third-order valence-corrected chi connectivity index (χ3v) is 3.32. The SMILES string of the molecule is O=C(O)[C@@H]1CCCN1Cc1cc(F)cc(C(F)(F)F)c1. The van der Waals surface area contributed by atoms with Crippen molar-refractivity contribution < 1.29 is 27.5 Å². The molecule has 1 saturated heterocycles. The summed E-state index contributed by atoms with van der Waals surface area (Å²) in [5.41, 5.74) is -0.927. The molecular formula is C13H13F4NO2. The fraction of sp³-hybridized carbons (Fsp3) is 0.462. The van der Waals surface area contributed by atoms with E-state index in [0.29, 0.717) is 25.5 Å². The summed E-state index contributed by atoms with van der Waals surface area (Å²) in [5.74, 6) is -1.98. The average molecular weight is 291 g/mol. The zero-order valence-electron chi connectivity index (χ0n) is 10.5. The first-order valence-electron chi connectivity index (χ1n) is 6.11. The van der Waals surface area contributed by atoms with Crippen molar-refractivity contribution >= 4 is 5.97 Å². The summed E-state index contributed by atoms with van der Waals surface area (Å²) >= 11 is 0. The number of carboxylic acids is 1. The third kappa shape index (κ3) is 3.27. The Morgan fingerprint density at radius 2 is 2.05 bits per heavy atom. The number of carboxylic acid groups (broad SMARTS) is 1. The molecule has 1 aromatic rings. The van der Waals surface area contributed by atoms with E-state index in [1.165, 1.54) is 0 Å². The van der Waals surface area contributed by atoms with E-state index in [1.807, 2.05) is 0 Å². The van der Waals surface area contributed by atoms with Crippen LogP contribution in [0.15, 0.2) is 18.2 Å². The lowest BCUT2D eigenvalue weighted by Crippen LogP contribution is -2.35. The van der Waals surface area contributed by atoms with Crippen molar-refractivity contribution in [1.82, 2.24) is 4.90 Å². The fourth-order valence-electron chi connectivity index (χ4n) is 2.43. The molecule has 0 aromatic heterocycles. The minimum Gasteiger partial charge on any atom is -0.480 e. The van der Waals surface area contributed by atoms with Crippen LogP contribution in [0, 0.1) is 5.82 Å². The normalized spacial score (nSPS) is 20.3. The van der Waals surface area contributed by atoms with E-state index in [1.54, 1.807) is 4.90 Å². The minimum atomic E-state index is -4.62. The molecule has 1 heterocycles. The number of alkyl halides is 3. The smallest absolute Gasteiger partial charge is 0.416 e. The number of likely N-dealkylation sites (tertiary alicyclic amines) is 1. The monoisotopic (exact) mass is 291 g/mol. The molecule has 2 rings (SSSR count). The molecule has 0 amide bonds. The largest absolute Gasteiger partial charge is 0.480 e. The molecule has 1 aromatic carbocycles. The van der Waals surface area contributed by atoms with Crippen LogP contribution in [0.4, 0.5) is 17.6 Å². The number of aliphatic carboxylic acids is 1.